The van der Waals surface area contributed by atoms with E-state index in [0.717, 1.165) is 0 Å². The van der Waals surface area contributed by atoms with E-state index >= 15 is 0 Å². The highest BCUT2D eigenvalue weighted by atomic mass is 16.5. The van der Waals surface area contributed by atoms with Crippen molar-refractivity contribution in [3.8, 4) is 5.75 Å². The minimum Gasteiger partial charge on any atom is -0.507 e. The number of phenols is 1. The summed E-state index contributed by atoms with van der Waals surface area (Å²) in [6.45, 7) is 1.60. The normalized spacial score (nSPS) is 20.5. The number of hydrogen-bond donors (Lipinski definition) is 1. The number of carbonyl (C=O) groups excluding carboxylic acids is 2. The zero-order valence-electron chi connectivity index (χ0n) is 10.6. The maximum absolute atomic E-state index is 12.1. The van der Waals surface area contributed by atoms with Crippen molar-refractivity contribution in [1.29, 1.82) is 0 Å². The van der Waals surface area contributed by atoms with Gasteiger partial charge >= 0.3 is 5.97 Å². The van der Waals surface area contributed by atoms with Crippen molar-refractivity contribution in [1.82, 2.24) is 0 Å². The number of ether oxygens (including phenoxy) is 1. The van der Waals surface area contributed by atoms with E-state index in [-0.39, 0.29) is 11.4 Å². The molecule has 98 valence electrons. The highest BCUT2D eigenvalue weighted by Crippen LogP contribution is 2.26. The van der Waals surface area contributed by atoms with Crippen LogP contribution in [0.2, 0.25) is 0 Å². The molecule has 2 rings (SSSR count). The molecule has 0 saturated heterocycles. The second kappa shape index (κ2) is 5.06. The molecule has 1 aromatic carbocycles. The van der Waals surface area contributed by atoms with Crippen LogP contribution in [0.5, 0.6) is 5.75 Å². The van der Waals surface area contributed by atoms with Gasteiger partial charge < -0.3 is 9.84 Å². The number of carbonyl (C=O) groups is 2. The van der Waals surface area contributed by atoms with E-state index < -0.39 is 17.7 Å². The molecule has 1 aliphatic heterocycles. The van der Waals surface area contributed by atoms with Gasteiger partial charge in [0.15, 0.2) is 5.92 Å². The van der Waals surface area contributed by atoms with Gasteiger partial charge in [-0.05, 0) is 19.1 Å². The Morgan fingerprint density at radius 3 is 2.74 bits per heavy atom. The summed E-state index contributed by atoms with van der Waals surface area (Å²) < 4.78 is 4.58. The van der Waals surface area contributed by atoms with E-state index in [4.69, 9.17) is 0 Å². The van der Waals surface area contributed by atoms with Gasteiger partial charge in [-0.15, -0.1) is 0 Å². The monoisotopic (exact) mass is 259 g/mol. The average Bonchev–Trinajstić information content (AvgIpc) is 2.66. The Labute approximate surface area is 110 Å². The summed E-state index contributed by atoms with van der Waals surface area (Å²) in [4.78, 5) is 27.6. The summed E-state index contributed by atoms with van der Waals surface area (Å²) in [5, 5.41) is 9.65. The third kappa shape index (κ3) is 2.40. The molecule has 1 heterocycles. The second-order valence-electron chi connectivity index (χ2n) is 4.16. The van der Waals surface area contributed by atoms with Crippen LogP contribution in [0.3, 0.4) is 0 Å². The fourth-order valence-electron chi connectivity index (χ4n) is 1.90. The number of rotatable bonds is 2. The number of aliphatic imine (C=N–C) groups is 1. The Kier molecular flexibility index (Phi) is 3.46. The van der Waals surface area contributed by atoms with E-state index in [1.165, 1.54) is 19.3 Å². The van der Waals surface area contributed by atoms with Crippen LogP contribution >= 0.6 is 0 Å². The minimum absolute atomic E-state index is 0.0529. The summed E-state index contributed by atoms with van der Waals surface area (Å²) in [5.41, 5.74) is 1.03. The average molecular weight is 259 g/mol. The molecule has 0 fully saturated rings. The molecule has 0 aromatic heterocycles. The summed E-state index contributed by atoms with van der Waals surface area (Å²) in [6.07, 6.45) is 1.46. The standard InChI is InChI=1S/C14H13NO4/c1-8-12(14(18)19-2)13(17)10(15-8)7-9-5-3-4-6-11(9)16/h3-7,12,16H,1-2H3/b10-7-. The second-order valence-corrected chi connectivity index (χ2v) is 4.16. The molecule has 0 bridgehead atoms. The van der Waals surface area contributed by atoms with E-state index in [1.807, 2.05) is 0 Å². The van der Waals surface area contributed by atoms with Gasteiger partial charge in [-0.2, -0.15) is 0 Å². The fraction of sp³-hybridized carbons (Fsp3) is 0.214. The van der Waals surface area contributed by atoms with Crippen LogP contribution in [0.15, 0.2) is 35.0 Å². The fourth-order valence-corrected chi connectivity index (χ4v) is 1.90. The molecule has 0 radical (unpaired) electrons. The molecule has 5 nitrogen and oxygen atoms in total. The third-order valence-electron chi connectivity index (χ3n) is 2.90. The Morgan fingerprint density at radius 2 is 2.11 bits per heavy atom. The van der Waals surface area contributed by atoms with Gasteiger partial charge in [0, 0.05) is 11.3 Å². The van der Waals surface area contributed by atoms with Gasteiger partial charge in [-0.3, -0.25) is 14.6 Å². The van der Waals surface area contributed by atoms with Crippen LogP contribution in [0.25, 0.3) is 6.08 Å². The molecule has 0 saturated carbocycles. The predicted molar refractivity (Wildman–Crippen MR) is 69.7 cm³/mol. The first-order chi connectivity index (χ1) is 9.04. The number of nitrogens with zero attached hydrogens (tertiary/aromatic N) is 1. The van der Waals surface area contributed by atoms with Crippen LogP contribution in [0.1, 0.15) is 12.5 Å². The smallest absolute Gasteiger partial charge is 0.322 e. The largest absolute Gasteiger partial charge is 0.507 e. The van der Waals surface area contributed by atoms with Crippen LogP contribution in [-0.2, 0) is 14.3 Å². The lowest BCUT2D eigenvalue weighted by atomic mass is 10.0. The number of aromatic hydroxyl groups is 1. The summed E-state index contributed by atoms with van der Waals surface area (Å²) in [6, 6.07) is 6.59. The quantitative estimate of drug-likeness (QED) is 0.497. The molecule has 1 atom stereocenters. The highest BCUT2D eigenvalue weighted by Gasteiger charge is 2.37. The van der Waals surface area contributed by atoms with Gasteiger partial charge in [0.05, 0.1) is 7.11 Å². The molecule has 0 spiro atoms. The first-order valence-electron chi connectivity index (χ1n) is 5.71. The number of hydrogen-bond acceptors (Lipinski definition) is 5. The van der Waals surface area contributed by atoms with E-state index in [1.54, 1.807) is 25.1 Å². The van der Waals surface area contributed by atoms with Gasteiger partial charge in [0.25, 0.3) is 0 Å². The maximum atomic E-state index is 12.1. The number of benzene rings is 1. The molecule has 19 heavy (non-hydrogen) atoms. The zero-order valence-corrected chi connectivity index (χ0v) is 10.6. The number of allylic oxidation sites excluding steroid dienone is 1. The van der Waals surface area contributed by atoms with Crippen LogP contribution in [0, 0.1) is 5.92 Å². The van der Waals surface area contributed by atoms with Crippen molar-refractivity contribution in [2.45, 2.75) is 6.92 Å². The van der Waals surface area contributed by atoms with Crippen LogP contribution in [0.4, 0.5) is 0 Å². The van der Waals surface area contributed by atoms with Crippen molar-refractivity contribution < 1.29 is 19.4 Å². The van der Waals surface area contributed by atoms with Crippen molar-refractivity contribution >= 4 is 23.5 Å². The lowest BCUT2D eigenvalue weighted by molar-refractivity contribution is -0.145. The van der Waals surface area contributed by atoms with Crippen molar-refractivity contribution in [3.63, 3.8) is 0 Å². The summed E-state index contributed by atoms with van der Waals surface area (Å²) in [5.74, 6) is -1.95. The number of Topliss-reactive ketones (excluding diaryl/α,β-unsaturated/α-hetero) is 1. The zero-order chi connectivity index (χ0) is 14.0. The predicted octanol–water partition coefficient (Wildman–Crippen LogP) is 1.57. The van der Waals surface area contributed by atoms with Gasteiger partial charge in [-0.1, -0.05) is 18.2 Å². The van der Waals surface area contributed by atoms with Crippen molar-refractivity contribution in [2.24, 2.45) is 10.9 Å². The Morgan fingerprint density at radius 1 is 1.42 bits per heavy atom. The summed E-state index contributed by atoms with van der Waals surface area (Å²) >= 11 is 0. The first-order valence-corrected chi connectivity index (χ1v) is 5.71. The number of para-hydroxylation sites is 1. The molecule has 0 amide bonds. The van der Waals surface area contributed by atoms with Gasteiger partial charge in [-0.25, -0.2) is 0 Å². The Bertz CT molecular complexity index is 601. The Balaban J connectivity index is 2.37. The van der Waals surface area contributed by atoms with Crippen LogP contribution < -0.4 is 0 Å². The molecule has 1 N–H and O–H groups in total. The number of phenolic OH excluding ortho intramolecular Hbond substituents is 1. The first kappa shape index (κ1) is 13.0. The topological polar surface area (TPSA) is 76.0 Å². The number of methoxy groups -OCH3 is 1. The van der Waals surface area contributed by atoms with E-state index in [9.17, 15) is 14.7 Å². The van der Waals surface area contributed by atoms with Gasteiger partial charge in [0.1, 0.15) is 11.4 Å². The maximum Gasteiger partial charge on any atom is 0.322 e. The third-order valence-corrected chi connectivity index (χ3v) is 2.90. The lowest BCUT2D eigenvalue weighted by Gasteiger charge is -2.05. The van der Waals surface area contributed by atoms with Crippen LogP contribution in [-0.4, -0.2) is 29.7 Å². The molecule has 1 aromatic rings. The number of esters is 1. The molecule has 0 aliphatic carbocycles. The molecular weight excluding hydrogens is 246 g/mol. The Hall–Kier alpha value is -2.43. The number of ketones is 1. The molecular formula is C14H13NO4. The summed E-state index contributed by atoms with van der Waals surface area (Å²) in [7, 11) is 1.23. The van der Waals surface area contributed by atoms with Crippen molar-refractivity contribution in [3.05, 3.63) is 35.5 Å². The van der Waals surface area contributed by atoms with Crippen molar-refractivity contribution in [2.75, 3.05) is 7.11 Å². The SMILES string of the molecule is COC(=O)C1C(=O)/C(=C/c2ccccc2O)N=C1C. The van der Waals surface area contributed by atoms with E-state index in [0.29, 0.717) is 11.3 Å². The highest BCUT2D eigenvalue weighted by molar-refractivity contribution is 6.28. The molecule has 5 heteroatoms. The van der Waals surface area contributed by atoms with E-state index in [2.05, 4.69) is 9.73 Å². The van der Waals surface area contributed by atoms with Gasteiger partial charge in [0.2, 0.25) is 5.78 Å². The lowest BCUT2D eigenvalue weighted by Crippen LogP contribution is -2.27. The minimum atomic E-state index is -0.970. The molecule has 1 unspecified atom stereocenters. The molecule has 1 aliphatic rings.